The molecule has 0 bridgehead atoms. The molecule has 0 spiro atoms. The van der Waals surface area contributed by atoms with Crippen molar-refractivity contribution in [1.29, 1.82) is 0 Å². The summed E-state index contributed by atoms with van der Waals surface area (Å²) in [6, 6.07) is 19.8. The number of hydrogen-bond acceptors (Lipinski definition) is 0. The monoisotopic (exact) mass is 295 g/mol. The number of H-pyrrole nitrogens is 1. The van der Waals surface area contributed by atoms with Crippen LogP contribution >= 0.6 is 0 Å². The first-order valence-corrected chi connectivity index (χ1v) is 8.19. The van der Waals surface area contributed by atoms with Crippen molar-refractivity contribution in [2.24, 2.45) is 0 Å². The van der Waals surface area contributed by atoms with Gasteiger partial charge in [0.15, 0.2) is 0 Å². The first-order valence-electron chi connectivity index (χ1n) is 8.19. The molecule has 0 atom stereocenters. The zero-order chi connectivity index (χ0) is 15.2. The number of allylic oxidation sites excluding steroid dienone is 4. The standard InChI is InChI=1S/C22H17N/c1-2-6-15(7-3-1)17-10-12-19-21(14-17)23-20-13-11-16-8-4-5-9-18(16)22(19)20/h1-2,4-6,8-14,23H,3,7H2. The number of fused-ring (bicyclic) bond motifs is 5. The maximum Gasteiger partial charge on any atom is 0.0471 e. The highest BCUT2D eigenvalue weighted by atomic mass is 14.7. The second-order valence-corrected chi connectivity index (χ2v) is 6.25. The Labute approximate surface area is 134 Å². The summed E-state index contributed by atoms with van der Waals surface area (Å²) in [7, 11) is 0. The van der Waals surface area contributed by atoms with E-state index in [0.717, 1.165) is 12.8 Å². The van der Waals surface area contributed by atoms with E-state index in [4.69, 9.17) is 0 Å². The molecule has 110 valence electrons. The lowest BCUT2D eigenvalue weighted by Crippen LogP contribution is -1.87. The van der Waals surface area contributed by atoms with Crippen molar-refractivity contribution in [3.05, 3.63) is 78.4 Å². The highest BCUT2D eigenvalue weighted by molar-refractivity contribution is 6.20. The van der Waals surface area contributed by atoms with Crippen molar-refractivity contribution in [2.75, 3.05) is 0 Å². The van der Waals surface area contributed by atoms with Crippen molar-refractivity contribution in [3.63, 3.8) is 0 Å². The first kappa shape index (κ1) is 12.7. The van der Waals surface area contributed by atoms with Gasteiger partial charge in [-0.25, -0.2) is 0 Å². The maximum atomic E-state index is 3.60. The summed E-state index contributed by atoms with van der Waals surface area (Å²) in [4.78, 5) is 3.60. The lowest BCUT2D eigenvalue weighted by Gasteiger charge is -2.09. The molecule has 1 aliphatic carbocycles. The molecular formula is C22H17N. The molecule has 1 heterocycles. The van der Waals surface area contributed by atoms with Gasteiger partial charge in [-0.2, -0.15) is 0 Å². The number of aromatic amines is 1. The van der Waals surface area contributed by atoms with Crippen molar-refractivity contribution in [1.82, 2.24) is 4.98 Å². The zero-order valence-corrected chi connectivity index (χ0v) is 12.8. The van der Waals surface area contributed by atoms with Crippen LogP contribution < -0.4 is 0 Å². The summed E-state index contributed by atoms with van der Waals surface area (Å²) in [5.41, 5.74) is 5.20. The quantitative estimate of drug-likeness (QED) is 0.430. The lowest BCUT2D eigenvalue weighted by atomic mass is 9.96. The molecule has 1 nitrogen and oxygen atoms in total. The average Bonchev–Trinajstić information content (AvgIpc) is 3.00. The van der Waals surface area contributed by atoms with Gasteiger partial charge in [-0.3, -0.25) is 0 Å². The summed E-state index contributed by atoms with van der Waals surface area (Å²) < 4.78 is 0. The Morgan fingerprint density at radius 2 is 1.78 bits per heavy atom. The largest absolute Gasteiger partial charge is 0.354 e. The Morgan fingerprint density at radius 1 is 0.826 bits per heavy atom. The fourth-order valence-corrected chi connectivity index (χ4v) is 3.72. The maximum absolute atomic E-state index is 3.60. The summed E-state index contributed by atoms with van der Waals surface area (Å²) in [5.74, 6) is 0. The topological polar surface area (TPSA) is 15.8 Å². The number of aromatic nitrogens is 1. The normalized spacial score (nSPS) is 14.7. The van der Waals surface area contributed by atoms with E-state index < -0.39 is 0 Å². The van der Waals surface area contributed by atoms with E-state index in [1.54, 1.807) is 0 Å². The smallest absolute Gasteiger partial charge is 0.0471 e. The summed E-state index contributed by atoms with van der Waals surface area (Å²) >= 11 is 0. The SMILES string of the molecule is C1=CCCC(c2ccc3c(c2)[nH]c2ccc4ccccc4c23)=C1. The van der Waals surface area contributed by atoms with Crippen molar-refractivity contribution in [2.45, 2.75) is 12.8 Å². The zero-order valence-electron chi connectivity index (χ0n) is 12.8. The van der Waals surface area contributed by atoms with E-state index in [9.17, 15) is 0 Å². The second kappa shape index (κ2) is 4.85. The molecule has 3 aromatic carbocycles. The van der Waals surface area contributed by atoms with E-state index in [-0.39, 0.29) is 0 Å². The van der Waals surface area contributed by atoms with Crippen molar-refractivity contribution >= 4 is 38.2 Å². The van der Waals surface area contributed by atoms with Gasteiger partial charge in [-0.05, 0) is 46.9 Å². The predicted octanol–water partition coefficient (Wildman–Crippen LogP) is 6.21. The summed E-state index contributed by atoms with van der Waals surface area (Å²) in [6.45, 7) is 0. The Kier molecular flexibility index (Phi) is 2.68. The van der Waals surface area contributed by atoms with E-state index in [1.807, 2.05) is 0 Å². The van der Waals surface area contributed by atoms with Gasteiger partial charge < -0.3 is 4.98 Å². The first-order chi connectivity index (χ1) is 11.4. The van der Waals surface area contributed by atoms with Gasteiger partial charge in [0.25, 0.3) is 0 Å². The minimum absolute atomic E-state index is 1.13. The molecule has 0 aliphatic heterocycles. The third kappa shape index (κ3) is 1.93. The van der Waals surface area contributed by atoms with E-state index in [0.29, 0.717) is 0 Å². The van der Waals surface area contributed by atoms with Crippen LogP contribution in [0.1, 0.15) is 18.4 Å². The summed E-state index contributed by atoms with van der Waals surface area (Å²) in [6.07, 6.45) is 8.91. The Hall–Kier alpha value is -2.80. The van der Waals surface area contributed by atoms with Crippen LogP contribution in [-0.2, 0) is 0 Å². The molecule has 1 heteroatoms. The van der Waals surface area contributed by atoms with E-state index >= 15 is 0 Å². The predicted molar refractivity (Wildman–Crippen MR) is 99.7 cm³/mol. The highest BCUT2D eigenvalue weighted by Crippen LogP contribution is 2.34. The number of hydrogen-bond donors (Lipinski definition) is 1. The molecule has 5 rings (SSSR count). The van der Waals surface area contributed by atoms with Crippen molar-refractivity contribution in [3.8, 4) is 0 Å². The fourth-order valence-electron chi connectivity index (χ4n) is 3.72. The molecule has 1 aromatic heterocycles. The van der Waals surface area contributed by atoms with Gasteiger partial charge in [0.1, 0.15) is 0 Å². The van der Waals surface area contributed by atoms with Crippen molar-refractivity contribution < 1.29 is 0 Å². The number of nitrogens with one attached hydrogen (secondary N) is 1. The van der Waals surface area contributed by atoms with Crippen LogP contribution in [0.4, 0.5) is 0 Å². The van der Waals surface area contributed by atoms with Crippen LogP contribution in [0.25, 0.3) is 38.2 Å². The van der Waals surface area contributed by atoms with E-state index in [1.165, 1.54) is 43.7 Å². The number of benzene rings is 3. The van der Waals surface area contributed by atoms with Gasteiger partial charge >= 0.3 is 0 Å². The Balaban J connectivity index is 1.81. The third-order valence-corrected chi connectivity index (χ3v) is 4.87. The lowest BCUT2D eigenvalue weighted by molar-refractivity contribution is 1.05. The highest BCUT2D eigenvalue weighted by Gasteiger charge is 2.10. The molecule has 0 saturated heterocycles. The second-order valence-electron chi connectivity index (χ2n) is 6.25. The summed E-state index contributed by atoms with van der Waals surface area (Å²) in [5, 5.41) is 5.27. The minimum atomic E-state index is 1.13. The van der Waals surface area contributed by atoms with Crippen LogP contribution in [-0.4, -0.2) is 4.98 Å². The molecular weight excluding hydrogens is 278 g/mol. The van der Waals surface area contributed by atoms with Crippen LogP contribution in [0.5, 0.6) is 0 Å². The van der Waals surface area contributed by atoms with Gasteiger partial charge in [0, 0.05) is 21.8 Å². The van der Waals surface area contributed by atoms with Gasteiger partial charge in [0.05, 0.1) is 0 Å². The Morgan fingerprint density at radius 3 is 2.70 bits per heavy atom. The van der Waals surface area contributed by atoms with Crippen LogP contribution in [0, 0.1) is 0 Å². The van der Waals surface area contributed by atoms with Crippen LogP contribution in [0.15, 0.2) is 72.8 Å². The molecule has 0 amide bonds. The molecule has 23 heavy (non-hydrogen) atoms. The van der Waals surface area contributed by atoms with Crippen LogP contribution in [0.2, 0.25) is 0 Å². The molecule has 0 radical (unpaired) electrons. The molecule has 0 unspecified atom stereocenters. The van der Waals surface area contributed by atoms with Gasteiger partial charge in [-0.1, -0.05) is 60.7 Å². The average molecular weight is 295 g/mol. The number of rotatable bonds is 1. The Bertz CT molecular complexity index is 1110. The molecule has 0 fully saturated rings. The third-order valence-electron chi connectivity index (χ3n) is 4.87. The molecule has 0 saturated carbocycles. The van der Waals surface area contributed by atoms with Gasteiger partial charge in [0.2, 0.25) is 0 Å². The molecule has 4 aromatic rings. The minimum Gasteiger partial charge on any atom is -0.354 e. The van der Waals surface area contributed by atoms with Crippen LogP contribution in [0.3, 0.4) is 0 Å². The fraction of sp³-hybridized carbons (Fsp3) is 0.0909. The molecule has 1 N–H and O–H groups in total. The van der Waals surface area contributed by atoms with Gasteiger partial charge in [-0.15, -0.1) is 0 Å². The molecule has 1 aliphatic rings. The van der Waals surface area contributed by atoms with E-state index in [2.05, 4.69) is 77.8 Å².